The van der Waals surface area contributed by atoms with Crippen LogP contribution in [0.3, 0.4) is 0 Å². The molecule has 0 aliphatic carbocycles. The number of carbonyl (C=O) groups is 3. The number of aliphatic carboxylic acids is 3. The molecule has 0 aromatic rings. The molecule has 0 aromatic carbocycles. The van der Waals surface area contributed by atoms with Crippen LogP contribution in [-0.2, 0) is 31.5 Å². The van der Waals surface area contributed by atoms with Gasteiger partial charge in [-0.15, -0.1) is 0 Å². The van der Waals surface area contributed by atoms with E-state index in [1.807, 2.05) is 0 Å². The smallest absolute Gasteiger partial charge is 1.00 e. The van der Waals surface area contributed by atoms with Crippen LogP contribution >= 0.6 is 0 Å². The summed E-state index contributed by atoms with van der Waals surface area (Å²) < 4.78 is 0. The predicted molar refractivity (Wildman–Crippen MR) is 40.5 cm³/mol. The summed E-state index contributed by atoms with van der Waals surface area (Å²) in [5.41, 5.74) is 0. The van der Waals surface area contributed by atoms with Crippen LogP contribution in [-0.4, -0.2) is 57.8 Å². The molecule has 0 heterocycles. The van der Waals surface area contributed by atoms with E-state index in [0.717, 1.165) is 4.90 Å². The topological polar surface area (TPSA) is 115 Å². The average Bonchev–Trinajstić information content (AvgIpc) is 1.80. The van der Waals surface area contributed by atoms with E-state index in [9.17, 15) is 14.4 Å². The standard InChI is InChI=1S/C6H9NO6.Fe.K.H/c8-4(9)1-7(2-5(10)11)3-6(12)13;;;/h1-3H2,(H,8,9)(H,10,11)(H,12,13);;;/q;;+1;-1. The molecule has 0 amide bonds. The molecule has 0 spiro atoms. The Labute approximate surface area is 140 Å². The quantitative estimate of drug-likeness (QED) is 0.423. The molecule has 0 unspecified atom stereocenters. The van der Waals surface area contributed by atoms with E-state index in [1.54, 1.807) is 0 Å². The first kappa shape index (κ1) is 20.9. The normalized spacial score (nSPS) is 8.60. The molecule has 0 bridgehead atoms. The van der Waals surface area contributed by atoms with Gasteiger partial charge in [0, 0.05) is 17.1 Å². The van der Waals surface area contributed by atoms with E-state index in [-0.39, 0.29) is 69.9 Å². The van der Waals surface area contributed by atoms with Crippen LogP contribution in [0.25, 0.3) is 0 Å². The second-order valence-corrected chi connectivity index (χ2v) is 2.33. The fraction of sp³-hybridized carbons (Fsp3) is 0.500. The minimum Gasteiger partial charge on any atom is -1.00 e. The van der Waals surface area contributed by atoms with Gasteiger partial charge in [0.25, 0.3) is 0 Å². The molecule has 84 valence electrons. The van der Waals surface area contributed by atoms with E-state index in [4.69, 9.17) is 15.3 Å². The van der Waals surface area contributed by atoms with Crippen molar-refractivity contribution < 1.29 is 99.6 Å². The molecule has 0 radical (unpaired) electrons. The molecule has 7 nitrogen and oxygen atoms in total. The van der Waals surface area contributed by atoms with Gasteiger partial charge in [0.05, 0.1) is 19.6 Å². The van der Waals surface area contributed by atoms with Gasteiger partial charge in [0.15, 0.2) is 0 Å². The fourth-order valence-corrected chi connectivity index (χ4v) is 0.742. The van der Waals surface area contributed by atoms with Gasteiger partial charge in [0.2, 0.25) is 0 Å². The predicted octanol–water partition coefficient (Wildman–Crippen LogP) is -4.34. The SMILES string of the molecule is O=C(O)CN(CC(=O)O)CC(=O)O.[Fe].[H-].[K+]. The molecular formula is C6H10FeKNO6. The molecule has 0 aliphatic heterocycles. The van der Waals surface area contributed by atoms with Crippen molar-refractivity contribution in [1.29, 1.82) is 0 Å². The summed E-state index contributed by atoms with van der Waals surface area (Å²) in [6.07, 6.45) is 0. The Morgan fingerprint density at radius 1 is 0.867 bits per heavy atom. The van der Waals surface area contributed by atoms with Gasteiger partial charge in [-0.25, -0.2) is 0 Å². The molecule has 9 heteroatoms. The largest absolute Gasteiger partial charge is 1.00 e. The summed E-state index contributed by atoms with van der Waals surface area (Å²) in [6, 6.07) is 0. The van der Waals surface area contributed by atoms with Crippen LogP contribution in [0.2, 0.25) is 0 Å². The van der Waals surface area contributed by atoms with E-state index in [2.05, 4.69) is 0 Å². The zero-order valence-electron chi connectivity index (χ0n) is 8.99. The summed E-state index contributed by atoms with van der Waals surface area (Å²) in [5.74, 6) is -3.78. The number of rotatable bonds is 6. The Morgan fingerprint density at radius 3 is 1.20 bits per heavy atom. The summed E-state index contributed by atoms with van der Waals surface area (Å²) in [5, 5.41) is 24.8. The van der Waals surface area contributed by atoms with E-state index in [1.165, 1.54) is 0 Å². The van der Waals surface area contributed by atoms with Crippen LogP contribution in [0.1, 0.15) is 1.43 Å². The molecule has 0 fully saturated rings. The number of nitrogens with zero attached hydrogens (tertiary/aromatic N) is 1. The van der Waals surface area contributed by atoms with E-state index in [0.29, 0.717) is 0 Å². The third-order valence-corrected chi connectivity index (χ3v) is 1.08. The van der Waals surface area contributed by atoms with E-state index < -0.39 is 37.5 Å². The molecule has 0 saturated heterocycles. The maximum absolute atomic E-state index is 10.1. The second kappa shape index (κ2) is 11.0. The van der Waals surface area contributed by atoms with E-state index >= 15 is 0 Å². The summed E-state index contributed by atoms with van der Waals surface area (Å²) >= 11 is 0. The third kappa shape index (κ3) is 14.5. The Balaban J connectivity index is -0.000000240. The van der Waals surface area contributed by atoms with Crippen LogP contribution in [0.5, 0.6) is 0 Å². The van der Waals surface area contributed by atoms with Gasteiger partial charge >= 0.3 is 69.3 Å². The van der Waals surface area contributed by atoms with Crippen molar-refractivity contribution in [2.45, 2.75) is 0 Å². The van der Waals surface area contributed by atoms with Crippen LogP contribution in [0, 0.1) is 0 Å². The first-order valence-corrected chi connectivity index (χ1v) is 3.29. The maximum Gasteiger partial charge on any atom is 1.00 e. The van der Waals surface area contributed by atoms with Gasteiger partial charge in [-0.05, 0) is 0 Å². The average molecular weight is 287 g/mol. The van der Waals surface area contributed by atoms with Crippen molar-refractivity contribution in [2.75, 3.05) is 19.6 Å². The van der Waals surface area contributed by atoms with Gasteiger partial charge in [0.1, 0.15) is 0 Å². The molecule has 0 aliphatic rings. The zero-order chi connectivity index (χ0) is 10.4. The Hall–Kier alpha value is 0.526. The first-order chi connectivity index (χ1) is 5.91. The maximum atomic E-state index is 10.1. The van der Waals surface area contributed by atoms with Crippen molar-refractivity contribution in [3.63, 3.8) is 0 Å². The molecule has 0 atom stereocenters. The number of carboxylic acids is 3. The fourth-order valence-electron chi connectivity index (χ4n) is 0.742. The van der Waals surface area contributed by atoms with Gasteiger partial charge in [-0.1, -0.05) is 0 Å². The van der Waals surface area contributed by atoms with Crippen LogP contribution in [0.4, 0.5) is 0 Å². The minimum absolute atomic E-state index is 0. The van der Waals surface area contributed by atoms with Crippen molar-refractivity contribution in [3.8, 4) is 0 Å². The van der Waals surface area contributed by atoms with Crippen molar-refractivity contribution >= 4 is 17.9 Å². The zero-order valence-corrected chi connectivity index (χ0v) is 12.2. The number of hydrogen-bond acceptors (Lipinski definition) is 4. The summed E-state index contributed by atoms with van der Waals surface area (Å²) in [7, 11) is 0. The molecule has 0 saturated carbocycles. The Bertz CT molecular complexity index is 203. The second-order valence-electron chi connectivity index (χ2n) is 2.33. The van der Waals surface area contributed by atoms with Crippen molar-refractivity contribution in [1.82, 2.24) is 4.90 Å². The van der Waals surface area contributed by atoms with Crippen molar-refractivity contribution in [2.24, 2.45) is 0 Å². The van der Waals surface area contributed by atoms with Gasteiger partial charge < -0.3 is 16.7 Å². The molecule has 15 heavy (non-hydrogen) atoms. The molecule has 0 rings (SSSR count). The molecule has 3 N–H and O–H groups in total. The minimum atomic E-state index is -1.26. The van der Waals surface area contributed by atoms with Gasteiger partial charge in [-0.2, -0.15) is 0 Å². The number of carboxylic acid groups (broad SMARTS) is 3. The molecular weight excluding hydrogens is 277 g/mol. The van der Waals surface area contributed by atoms with Gasteiger partial charge in [-0.3, -0.25) is 19.3 Å². The van der Waals surface area contributed by atoms with Crippen molar-refractivity contribution in [3.05, 3.63) is 0 Å². The van der Waals surface area contributed by atoms with Crippen LogP contribution < -0.4 is 51.4 Å². The summed E-state index contributed by atoms with van der Waals surface area (Å²) in [6.45, 7) is -1.80. The van der Waals surface area contributed by atoms with Crippen LogP contribution in [0.15, 0.2) is 0 Å². The first-order valence-electron chi connectivity index (χ1n) is 3.29. The third-order valence-electron chi connectivity index (χ3n) is 1.08. The number of hydrogen-bond donors (Lipinski definition) is 3. The Morgan fingerprint density at radius 2 is 1.07 bits per heavy atom. The summed E-state index contributed by atoms with van der Waals surface area (Å²) in [4.78, 5) is 31.2. The Kier molecular flexibility index (Phi) is 15.3. The monoisotopic (exact) mass is 287 g/mol. The molecule has 0 aromatic heterocycles.